The lowest BCUT2D eigenvalue weighted by Crippen LogP contribution is -2.62. The van der Waals surface area contributed by atoms with Crippen LogP contribution in [0, 0.1) is 11.6 Å². The van der Waals surface area contributed by atoms with E-state index in [1.807, 2.05) is 0 Å². The van der Waals surface area contributed by atoms with Gasteiger partial charge in [0.25, 0.3) is 0 Å². The van der Waals surface area contributed by atoms with Crippen molar-refractivity contribution in [2.45, 2.75) is 56.2 Å². The Balaban J connectivity index is 1.39. The number of primary sulfonamides is 1. The third kappa shape index (κ3) is 8.17. The van der Waals surface area contributed by atoms with Crippen LogP contribution in [0.3, 0.4) is 0 Å². The Morgan fingerprint density at radius 1 is 1.17 bits per heavy atom. The van der Waals surface area contributed by atoms with E-state index in [1.165, 1.54) is 13.2 Å². The number of aliphatic hydroxyl groups is 1. The number of anilines is 1. The first-order chi connectivity index (χ1) is 22.0. The number of sulfonamides is 1. The molecule has 18 heteroatoms. The van der Waals surface area contributed by atoms with Crippen molar-refractivity contribution in [3.8, 4) is 0 Å². The molecule has 1 fully saturated rings. The van der Waals surface area contributed by atoms with Crippen LogP contribution in [0.2, 0.25) is 5.02 Å². The van der Waals surface area contributed by atoms with Crippen LogP contribution in [0.1, 0.15) is 42.5 Å². The molecule has 0 aliphatic carbocycles. The van der Waals surface area contributed by atoms with Crippen LogP contribution in [0.25, 0.3) is 0 Å². The first-order valence-corrected chi connectivity index (χ1v) is 15.7. The van der Waals surface area contributed by atoms with Gasteiger partial charge in [0.05, 0.1) is 47.8 Å². The number of rotatable bonds is 10. The fourth-order valence-electron chi connectivity index (χ4n) is 4.73. The normalized spacial score (nSPS) is 20.3. The van der Waals surface area contributed by atoms with Crippen molar-refractivity contribution < 1.29 is 60.1 Å². The third-order valence-corrected chi connectivity index (χ3v) is 8.50. The summed E-state index contributed by atoms with van der Waals surface area (Å²) in [6.07, 6.45) is -1.22. The van der Waals surface area contributed by atoms with Gasteiger partial charge < -0.3 is 33.8 Å². The number of benzene rings is 2. The minimum absolute atomic E-state index is 0.0352. The molecule has 2 heterocycles. The number of esters is 2. The van der Waals surface area contributed by atoms with Crippen molar-refractivity contribution in [1.29, 1.82) is 0 Å². The summed E-state index contributed by atoms with van der Waals surface area (Å²) in [5, 5.41) is 18.9. The van der Waals surface area contributed by atoms with Crippen molar-refractivity contribution in [1.82, 2.24) is 4.90 Å². The first-order valence-electron chi connectivity index (χ1n) is 13.8. The van der Waals surface area contributed by atoms with Crippen LogP contribution in [-0.4, -0.2) is 68.0 Å². The average Bonchev–Trinajstić information content (AvgIpc) is 3.51. The molecule has 3 aromatic rings. The number of nitrogens with one attached hydrogen (secondary N) is 1. The van der Waals surface area contributed by atoms with Crippen molar-refractivity contribution in [3.63, 3.8) is 0 Å². The number of nitrogens with two attached hydrogens (primary N) is 1. The topological polar surface area (TPSA) is 197 Å². The molecule has 1 amide bonds. The second-order valence-corrected chi connectivity index (χ2v) is 12.4. The Morgan fingerprint density at radius 3 is 2.47 bits per heavy atom. The smallest absolute Gasteiger partial charge is 0.413 e. The minimum atomic E-state index is -4.36. The maximum atomic E-state index is 13.9. The van der Waals surface area contributed by atoms with E-state index < -0.39 is 75.4 Å². The van der Waals surface area contributed by atoms with E-state index in [2.05, 4.69) is 5.32 Å². The third-order valence-electron chi connectivity index (χ3n) is 7.12. The molecular formula is C29H30ClF2N3O11S. The molecule has 1 saturated heterocycles. The Bertz CT molecular complexity index is 1740. The predicted octanol–water partition coefficient (Wildman–Crippen LogP) is 3.61. The largest absolute Gasteiger partial charge is 0.467 e. The van der Waals surface area contributed by atoms with Crippen molar-refractivity contribution >= 4 is 45.3 Å². The summed E-state index contributed by atoms with van der Waals surface area (Å²) in [4.78, 5) is 39.1. The lowest BCUT2D eigenvalue weighted by Gasteiger charge is -2.47. The van der Waals surface area contributed by atoms with Gasteiger partial charge in [-0.2, -0.15) is 0 Å². The number of ether oxygens (including phenoxy) is 4. The molecule has 0 radical (unpaired) electrons. The van der Waals surface area contributed by atoms with Crippen LogP contribution in [0.5, 0.6) is 0 Å². The summed E-state index contributed by atoms with van der Waals surface area (Å²) in [5.74, 6) is -6.08. The zero-order valence-corrected chi connectivity index (χ0v) is 26.6. The predicted molar refractivity (Wildman–Crippen MR) is 158 cm³/mol. The molecule has 47 heavy (non-hydrogen) atoms. The number of carbonyl (C=O) groups is 3. The van der Waals surface area contributed by atoms with Crippen molar-refractivity contribution in [2.24, 2.45) is 5.14 Å². The lowest BCUT2D eigenvalue weighted by atomic mass is 9.94. The number of amides is 1. The molecule has 0 bridgehead atoms. The van der Waals surface area contributed by atoms with Crippen LogP contribution in [0.4, 0.5) is 19.3 Å². The van der Waals surface area contributed by atoms with E-state index in [4.69, 9.17) is 40.1 Å². The first kappa shape index (κ1) is 35.6. The van der Waals surface area contributed by atoms with Gasteiger partial charge >= 0.3 is 18.0 Å². The number of halogens is 3. The van der Waals surface area contributed by atoms with E-state index in [0.29, 0.717) is 11.8 Å². The van der Waals surface area contributed by atoms with Gasteiger partial charge in [-0.3, -0.25) is 4.90 Å². The SMILES string of the molecule is CC(OC(=O)c1cc(S(N)(=O)=O)c(Cl)cc1NCc1ccco1)C(=O)OCOC(=O)N1[C@H](C)CO[C@@](O)(c2cc(F)cc(F)c2)[C@@H]1C. The highest BCUT2D eigenvalue weighted by molar-refractivity contribution is 7.89. The molecule has 254 valence electrons. The number of hydrogen-bond donors (Lipinski definition) is 3. The maximum absolute atomic E-state index is 13.9. The highest BCUT2D eigenvalue weighted by Gasteiger charge is 2.49. The Kier molecular flexibility index (Phi) is 10.8. The molecule has 4 N–H and O–H groups in total. The van der Waals surface area contributed by atoms with E-state index in [1.54, 1.807) is 19.1 Å². The molecule has 14 nitrogen and oxygen atoms in total. The highest BCUT2D eigenvalue weighted by Crippen LogP contribution is 2.36. The fraction of sp³-hybridized carbons (Fsp3) is 0.345. The zero-order valence-electron chi connectivity index (χ0n) is 25.1. The average molecular weight is 702 g/mol. The van der Waals surface area contributed by atoms with Gasteiger partial charge in [-0.05, 0) is 57.2 Å². The molecule has 4 atom stereocenters. The van der Waals surface area contributed by atoms with Crippen LogP contribution in [-0.2, 0) is 46.1 Å². The van der Waals surface area contributed by atoms with Gasteiger partial charge in [-0.15, -0.1) is 0 Å². The number of furan rings is 1. The van der Waals surface area contributed by atoms with Gasteiger partial charge in [0.15, 0.2) is 6.10 Å². The Morgan fingerprint density at radius 2 is 1.85 bits per heavy atom. The second-order valence-electron chi connectivity index (χ2n) is 10.4. The monoisotopic (exact) mass is 701 g/mol. The molecular weight excluding hydrogens is 672 g/mol. The molecule has 1 aliphatic rings. The van der Waals surface area contributed by atoms with Gasteiger partial charge in [0, 0.05) is 11.6 Å². The zero-order chi connectivity index (χ0) is 34.7. The summed E-state index contributed by atoms with van der Waals surface area (Å²) in [6, 6.07) is 5.74. The van der Waals surface area contributed by atoms with E-state index in [-0.39, 0.29) is 35.0 Å². The Hall–Kier alpha value is -4.29. The van der Waals surface area contributed by atoms with E-state index in [0.717, 1.165) is 36.1 Å². The van der Waals surface area contributed by atoms with Crippen LogP contribution < -0.4 is 10.5 Å². The summed E-state index contributed by atoms with van der Waals surface area (Å²) in [6.45, 7) is 2.96. The molecule has 0 saturated carbocycles. The van der Waals surface area contributed by atoms with Gasteiger partial charge in [0.2, 0.25) is 22.6 Å². The molecule has 0 spiro atoms. The molecule has 1 aliphatic heterocycles. The number of carbonyl (C=O) groups excluding carboxylic acids is 3. The second kappa shape index (κ2) is 14.2. The lowest BCUT2D eigenvalue weighted by molar-refractivity contribution is -0.280. The van der Waals surface area contributed by atoms with E-state index in [9.17, 15) is 36.7 Å². The summed E-state index contributed by atoms with van der Waals surface area (Å²) < 4.78 is 77.6. The molecule has 1 unspecified atom stereocenters. The van der Waals surface area contributed by atoms with Gasteiger partial charge in [-0.1, -0.05) is 11.6 Å². The van der Waals surface area contributed by atoms with Gasteiger partial charge in [0.1, 0.15) is 22.3 Å². The Labute approximate surface area is 272 Å². The quantitative estimate of drug-likeness (QED) is 0.205. The summed E-state index contributed by atoms with van der Waals surface area (Å²) in [5.41, 5.74) is -0.574. The van der Waals surface area contributed by atoms with Crippen molar-refractivity contribution in [2.75, 3.05) is 18.7 Å². The summed E-state index contributed by atoms with van der Waals surface area (Å²) >= 11 is 6.08. The number of morpholine rings is 1. The van der Waals surface area contributed by atoms with E-state index >= 15 is 0 Å². The fourth-order valence-corrected chi connectivity index (χ4v) is 5.83. The standard InChI is InChI=1S/C29H30ClF2N3O11S/c1-15-13-45-29(39,18-7-19(31)9-20(32)8-18)17(3)35(15)28(38)44-14-43-26(36)16(2)46-27(37)22-10-25(47(33,40)41)23(30)11-24(22)34-12-21-5-4-6-42-21/h4-11,15-17,34,39H,12-14H2,1-3H3,(H2,33,40,41)/t15-,16?,17+,29-/m1/s1. The summed E-state index contributed by atoms with van der Waals surface area (Å²) in [7, 11) is -4.36. The minimum Gasteiger partial charge on any atom is -0.467 e. The number of hydrogen-bond acceptors (Lipinski definition) is 12. The molecule has 2 aromatic carbocycles. The number of nitrogens with zero attached hydrogens (tertiary/aromatic N) is 1. The van der Waals surface area contributed by atoms with Crippen LogP contribution >= 0.6 is 11.6 Å². The van der Waals surface area contributed by atoms with Crippen LogP contribution in [0.15, 0.2) is 58.0 Å². The molecule has 1 aromatic heterocycles. The van der Waals surface area contributed by atoms with Gasteiger partial charge in [-0.25, -0.2) is 36.7 Å². The van der Waals surface area contributed by atoms with Crippen molar-refractivity contribution in [3.05, 3.63) is 82.3 Å². The maximum Gasteiger partial charge on any atom is 0.413 e. The molecule has 4 rings (SSSR count). The highest BCUT2D eigenvalue weighted by atomic mass is 35.5.